The van der Waals surface area contributed by atoms with Gasteiger partial charge in [0, 0.05) is 19.3 Å². The number of unbranched alkanes of at least 4 members (excludes halogenated alkanes) is 22. The van der Waals surface area contributed by atoms with Crippen molar-refractivity contribution in [1.29, 1.82) is 0 Å². The Morgan fingerprint density at radius 3 is 0.890 bits per heavy atom. The fourth-order valence-corrected chi connectivity index (χ4v) is 7.99. The molecule has 0 aliphatic rings. The van der Waals surface area contributed by atoms with Gasteiger partial charge in [-0.3, -0.25) is 14.4 Å². The highest BCUT2D eigenvalue weighted by atomic mass is 16.6. The molecule has 414 valence electrons. The molecule has 0 bridgehead atoms. The first-order valence-electron chi connectivity index (χ1n) is 30.0. The Morgan fingerprint density at radius 1 is 0.288 bits per heavy atom. The van der Waals surface area contributed by atoms with E-state index in [0.29, 0.717) is 19.3 Å². The molecule has 0 rings (SSSR count). The van der Waals surface area contributed by atoms with E-state index in [1.807, 2.05) is 0 Å². The summed E-state index contributed by atoms with van der Waals surface area (Å²) in [7, 11) is 0. The van der Waals surface area contributed by atoms with E-state index in [1.165, 1.54) is 103 Å². The number of hydrogen-bond donors (Lipinski definition) is 0. The van der Waals surface area contributed by atoms with Gasteiger partial charge in [-0.25, -0.2) is 0 Å². The third-order valence-corrected chi connectivity index (χ3v) is 12.4. The standard InChI is InChI=1S/C67H110O6/c1-4-7-10-13-16-19-22-25-28-31-32-33-34-37-39-42-45-48-51-54-57-60-66(69)72-63-64(73-67(70)61-58-55-52-49-46-43-40-36-30-27-24-21-18-15-12-9-6-3)62-71-65(68)59-56-53-50-47-44-41-38-35-29-26-23-20-17-14-11-8-5-2/h8-9,11-12,17-18,20-21,26-27,29-32,38,40-41,43,49,52,64H,4-7,10,13-16,19,22-25,28,33-37,39,42,44-48,50-51,53-63H2,1-3H3/b11-8-,12-9-,20-17-,21-18-,29-26-,30-27-,32-31-,41-38-,43-40-,52-49-. The molecule has 0 saturated heterocycles. The topological polar surface area (TPSA) is 78.9 Å². The van der Waals surface area contributed by atoms with Gasteiger partial charge in [-0.05, 0) is 122 Å². The van der Waals surface area contributed by atoms with Gasteiger partial charge in [0.2, 0.25) is 0 Å². The lowest BCUT2D eigenvalue weighted by Crippen LogP contribution is -2.30. The van der Waals surface area contributed by atoms with Crippen molar-refractivity contribution in [2.24, 2.45) is 0 Å². The first kappa shape index (κ1) is 68.8. The molecule has 6 nitrogen and oxygen atoms in total. The van der Waals surface area contributed by atoms with Crippen LogP contribution < -0.4 is 0 Å². The predicted molar refractivity (Wildman–Crippen MR) is 316 cm³/mol. The maximum Gasteiger partial charge on any atom is 0.306 e. The van der Waals surface area contributed by atoms with Crippen molar-refractivity contribution >= 4 is 17.9 Å². The van der Waals surface area contributed by atoms with Gasteiger partial charge in [-0.15, -0.1) is 0 Å². The summed E-state index contributed by atoms with van der Waals surface area (Å²) in [6.07, 6.45) is 83.4. The zero-order chi connectivity index (χ0) is 52.9. The molecule has 0 aliphatic carbocycles. The minimum Gasteiger partial charge on any atom is -0.462 e. The highest BCUT2D eigenvalue weighted by Gasteiger charge is 2.19. The highest BCUT2D eigenvalue weighted by molar-refractivity contribution is 5.71. The predicted octanol–water partition coefficient (Wildman–Crippen LogP) is 20.4. The minimum absolute atomic E-state index is 0.112. The zero-order valence-corrected chi connectivity index (χ0v) is 47.4. The number of carbonyl (C=O) groups is 3. The summed E-state index contributed by atoms with van der Waals surface area (Å²) in [6, 6.07) is 0. The normalized spacial score (nSPS) is 13.0. The van der Waals surface area contributed by atoms with Gasteiger partial charge >= 0.3 is 17.9 Å². The lowest BCUT2D eigenvalue weighted by molar-refractivity contribution is -0.167. The third-order valence-electron chi connectivity index (χ3n) is 12.4. The first-order chi connectivity index (χ1) is 36.0. The monoisotopic (exact) mass is 1010 g/mol. The average Bonchev–Trinajstić information content (AvgIpc) is 3.39. The molecule has 6 heteroatoms. The van der Waals surface area contributed by atoms with Gasteiger partial charge < -0.3 is 14.2 Å². The molecule has 0 aromatic heterocycles. The van der Waals surface area contributed by atoms with Crippen molar-refractivity contribution in [3.05, 3.63) is 122 Å². The molecule has 0 radical (unpaired) electrons. The first-order valence-corrected chi connectivity index (χ1v) is 30.0. The second-order valence-electron chi connectivity index (χ2n) is 19.5. The van der Waals surface area contributed by atoms with Crippen LogP contribution in [0, 0.1) is 0 Å². The lowest BCUT2D eigenvalue weighted by Gasteiger charge is -2.18. The Morgan fingerprint density at radius 2 is 0.548 bits per heavy atom. The van der Waals surface area contributed by atoms with Gasteiger partial charge in [-0.2, -0.15) is 0 Å². The fourth-order valence-electron chi connectivity index (χ4n) is 7.99. The minimum atomic E-state index is -0.823. The molecule has 0 N–H and O–H groups in total. The van der Waals surface area contributed by atoms with Crippen LogP contribution >= 0.6 is 0 Å². The molecule has 0 spiro atoms. The molecule has 0 aromatic rings. The SMILES string of the molecule is CC/C=C\C/C=C\C/C=C\C/C=C\C/C=C\CCCC(=O)OC(COC(=O)CCCCCC/C=C\C/C=C\C/C=C\C/C=C\CC)COC(=O)CCCCCCCCCCC/C=C\CCCCCCCCCC. The molecule has 0 heterocycles. The number of carbonyl (C=O) groups excluding carboxylic acids is 3. The largest absolute Gasteiger partial charge is 0.462 e. The quantitative estimate of drug-likeness (QED) is 0.0261. The van der Waals surface area contributed by atoms with Crippen LogP contribution in [-0.4, -0.2) is 37.2 Å². The Bertz CT molecular complexity index is 1540. The van der Waals surface area contributed by atoms with E-state index in [4.69, 9.17) is 14.2 Å². The second kappa shape index (κ2) is 60.4. The molecule has 0 amide bonds. The summed E-state index contributed by atoms with van der Waals surface area (Å²) in [4.78, 5) is 38.2. The van der Waals surface area contributed by atoms with Gasteiger partial charge in [0.1, 0.15) is 13.2 Å². The van der Waals surface area contributed by atoms with Crippen LogP contribution in [0.15, 0.2) is 122 Å². The zero-order valence-electron chi connectivity index (χ0n) is 47.4. The Labute approximate surface area is 450 Å². The van der Waals surface area contributed by atoms with Crippen LogP contribution in [-0.2, 0) is 28.6 Å². The van der Waals surface area contributed by atoms with E-state index in [-0.39, 0.29) is 37.5 Å². The summed E-state index contributed by atoms with van der Waals surface area (Å²) in [5.41, 5.74) is 0. The average molecular weight is 1010 g/mol. The van der Waals surface area contributed by atoms with Crippen LogP contribution in [0.4, 0.5) is 0 Å². The summed E-state index contributed by atoms with van der Waals surface area (Å²) in [6.45, 7) is 6.35. The molecule has 73 heavy (non-hydrogen) atoms. The van der Waals surface area contributed by atoms with Crippen LogP contribution in [0.1, 0.15) is 265 Å². The number of esters is 3. The number of hydrogen-bond acceptors (Lipinski definition) is 6. The van der Waals surface area contributed by atoms with E-state index < -0.39 is 6.10 Å². The van der Waals surface area contributed by atoms with Crippen molar-refractivity contribution in [2.75, 3.05) is 13.2 Å². The Kier molecular flexibility index (Phi) is 56.9. The van der Waals surface area contributed by atoms with Gasteiger partial charge in [0.05, 0.1) is 0 Å². The summed E-state index contributed by atoms with van der Waals surface area (Å²) < 4.78 is 16.8. The van der Waals surface area contributed by atoms with Crippen molar-refractivity contribution in [1.82, 2.24) is 0 Å². The Hall–Kier alpha value is -4.19. The molecule has 1 atom stereocenters. The number of allylic oxidation sites excluding steroid dienone is 20. The van der Waals surface area contributed by atoms with Gasteiger partial charge in [0.15, 0.2) is 6.10 Å². The van der Waals surface area contributed by atoms with E-state index in [1.54, 1.807) is 0 Å². The van der Waals surface area contributed by atoms with Gasteiger partial charge in [0.25, 0.3) is 0 Å². The maximum absolute atomic E-state index is 12.9. The van der Waals surface area contributed by atoms with Crippen molar-refractivity contribution in [3.8, 4) is 0 Å². The molecule has 0 aliphatic heterocycles. The van der Waals surface area contributed by atoms with Gasteiger partial charge in [-0.1, -0.05) is 245 Å². The number of rotatable bonds is 53. The highest BCUT2D eigenvalue weighted by Crippen LogP contribution is 2.15. The summed E-state index contributed by atoms with van der Waals surface area (Å²) >= 11 is 0. The van der Waals surface area contributed by atoms with Crippen LogP contribution in [0.3, 0.4) is 0 Å². The molecular formula is C67H110O6. The van der Waals surface area contributed by atoms with E-state index in [9.17, 15) is 14.4 Å². The second-order valence-corrected chi connectivity index (χ2v) is 19.5. The molecular weight excluding hydrogens is 901 g/mol. The lowest BCUT2D eigenvalue weighted by atomic mass is 10.1. The maximum atomic E-state index is 12.9. The molecule has 0 fully saturated rings. The summed E-state index contributed by atoms with van der Waals surface area (Å²) in [5, 5.41) is 0. The molecule has 0 aromatic carbocycles. The third kappa shape index (κ3) is 58.6. The van der Waals surface area contributed by atoms with Crippen molar-refractivity contribution < 1.29 is 28.6 Å². The molecule has 1 unspecified atom stereocenters. The van der Waals surface area contributed by atoms with Crippen LogP contribution in [0.2, 0.25) is 0 Å². The smallest absolute Gasteiger partial charge is 0.306 e. The van der Waals surface area contributed by atoms with E-state index in [2.05, 4.69) is 142 Å². The fraction of sp³-hybridized carbons (Fsp3) is 0.657. The Balaban J connectivity index is 4.49. The molecule has 0 saturated carbocycles. The van der Waals surface area contributed by atoms with Crippen molar-refractivity contribution in [2.45, 2.75) is 271 Å². The van der Waals surface area contributed by atoms with E-state index in [0.717, 1.165) is 116 Å². The van der Waals surface area contributed by atoms with Crippen LogP contribution in [0.25, 0.3) is 0 Å². The summed E-state index contributed by atoms with van der Waals surface area (Å²) in [5.74, 6) is -0.997. The number of ether oxygens (including phenoxy) is 3. The van der Waals surface area contributed by atoms with E-state index >= 15 is 0 Å². The van der Waals surface area contributed by atoms with Crippen molar-refractivity contribution in [3.63, 3.8) is 0 Å². The van der Waals surface area contributed by atoms with Crippen LogP contribution in [0.5, 0.6) is 0 Å².